The number of hydrogen-bond acceptors (Lipinski definition) is 4. The normalized spacial score (nSPS) is 20.9. The van der Waals surface area contributed by atoms with E-state index in [-0.39, 0.29) is 0 Å². The lowest BCUT2D eigenvalue weighted by atomic mass is 9.96. The van der Waals surface area contributed by atoms with Crippen molar-refractivity contribution in [2.75, 3.05) is 37.6 Å². The Labute approximate surface area is 127 Å². The molecule has 4 nitrogen and oxygen atoms in total. The molecule has 1 aromatic rings. The van der Waals surface area contributed by atoms with Crippen LogP contribution in [0.3, 0.4) is 0 Å². The first kappa shape index (κ1) is 14.5. The fourth-order valence-corrected chi connectivity index (χ4v) is 3.53. The van der Waals surface area contributed by atoms with Gasteiger partial charge in [0.2, 0.25) is 0 Å². The molecule has 3 rings (SSSR count). The molecule has 114 valence electrons. The van der Waals surface area contributed by atoms with Gasteiger partial charge >= 0.3 is 0 Å². The quantitative estimate of drug-likeness (QED) is 0.797. The highest BCUT2D eigenvalue weighted by Crippen LogP contribution is 2.24. The van der Waals surface area contributed by atoms with E-state index in [1.165, 1.54) is 45.3 Å². The minimum absolute atomic E-state index is 0.697. The highest BCUT2D eigenvalue weighted by Gasteiger charge is 2.23. The van der Waals surface area contributed by atoms with Crippen molar-refractivity contribution in [2.45, 2.75) is 32.6 Å². The van der Waals surface area contributed by atoms with Crippen LogP contribution in [0, 0.1) is 12.8 Å². The standard InChI is InChI=1S/C17H25N3O/c1-14-16(13-21)4-5-17(18-14)20-10-6-15(7-11-20)12-19-8-2-3-9-19/h4-5,13,15H,2-3,6-12H2,1H3. The van der Waals surface area contributed by atoms with E-state index in [0.717, 1.165) is 36.8 Å². The summed E-state index contributed by atoms with van der Waals surface area (Å²) >= 11 is 0. The number of likely N-dealkylation sites (tertiary alicyclic amines) is 1. The van der Waals surface area contributed by atoms with E-state index in [2.05, 4.69) is 14.8 Å². The van der Waals surface area contributed by atoms with Gasteiger partial charge in [0.15, 0.2) is 6.29 Å². The van der Waals surface area contributed by atoms with Crippen LogP contribution < -0.4 is 4.90 Å². The zero-order valence-electron chi connectivity index (χ0n) is 12.9. The molecule has 21 heavy (non-hydrogen) atoms. The fourth-order valence-electron chi connectivity index (χ4n) is 3.53. The van der Waals surface area contributed by atoms with Gasteiger partial charge in [0.25, 0.3) is 0 Å². The summed E-state index contributed by atoms with van der Waals surface area (Å²) < 4.78 is 0. The van der Waals surface area contributed by atoms with Gasteiger partial charge in [0.05, 0.1) is 5.69 Å². The summed E-state index contributed by atoms with van der Waals surface area (Å²) in [6.07, 6.45) is 6.16. The molecule has 0 aliphatic carbocycles. The fraction of sp³-hybridized carbons (Fsp3) is 0.647. The maximum atomic E-state index is 10.9. The molecule has 2 fully saturated rings. The van der Waals surface area contributed by atoms with Crippen LogP contribution in [0.15, 0.2) is 12.1 Å². The smallest absolute Gasteiger partial charge is 0.151 e. The zero-order valence-corrected chi connectivity index (χ0v) is 12.9. The minimum Gasteiger partial charge on any atom is -0.357 e. The Morgan fingerprint density at radius 1 is 1.19 bits per heavy atom. The number of aryl methyl sites for hydroxylation is 1. The molecule has 1 aromatic heterocycles. The molecular formula is C17H25N3O. The Balaban J connectivity index is 1.55. The number of piperidine rings is 1. The number of nitrogens with zero attached hydrogens (tertiary/aromatic N) is 3. The molecule has 3 heterocycles. The van der Waals surface area contributed by atoms with Gasteiger partial charge in [-0.05, 0) is 63.7 Å². The summed E-state index contributed by atoms with van der Waals surface area (Å²) in [7, 11) is 0. The first-order valence-electron chi connectivity index (χ1n) is 8.16. The molecular weight excluding hydrogens is 262 g/mol. The molecule has 0 aromatic carbocycles. The molecule has 0 N–H and O–H groups in total. The summed E-state index contributed by atoms with van der Waals surface area (Å²) in [6.45, 7) is 7.97. The van der Waals surface area contributed by atoms with Crippen molar-refractivity contribution in [1.29, 1.82) is 0 Å². The van der Waals surface area contributed by atoms with E-state index in [9.17, 15) is 4.79 Å². The molecule has 2 aliphatic heterocycles. The first-order chi connectivity index (χ1) is 10.3. The predicted octanol–water partition coefficient (Wildman–Crippen LogP) is 2.51. The van der Waals surface area contributed by atoms with Crippen molar-refractivity contribution in [3.05, 3.63) is 23.4 Å². The van der Waals surface area contributed by atoms with Gasteiger partial charge in [-0.1, -0.05) is 0 Å². The highest BCUT2D eigenvalue weighted by atomic mass is 16.1. The maximum absolute atomic E-state index is 10.9. The van der Waals surface area contributed by atoms with Crippen LogP contribution in [0.25, 0.3) is 0 Å². The number of hydrogen-bond donors (Lipinski definition) is 0. The van der Waals surface area contributed by atoms with Gasteiger partial charge in [-0.2, -0.15) is 0 Å². The number of aromatic nitrogens is 1. The largest absolute Gasteiger partial charge is 0.357 e. The second kappa shape index (κ2) is 6.56. The van der Waals surface area contributed by atoms with E-state index in [4.69, 9.17) is 0 Å². The summed E-state index contributed by atoms with van der Waals surface area (Å²) in [5.74, 6) is 1.87. The number of pyridine rings is 1. The Morgan fingerprint density at radius 2 is 1.90 bits per heavy atom. The predicted molar refractivity (Wildman–Crippen MR) is 85.0 cm³/mol. The molecule has 4 heteroatoms. The average Bonchev–Trinajstić information content (AvgIpc) is 3.01. The molecule has 0 saturated carbocycles. The number of carbonyl (C=O) groups is 1. The summed E-state index contributed by atoms with van der Waals surface area (Å²) in [5, 5.41) is 0. The maximum Gasteiger partial charge on any atom is 0.151 e. The molecule has 0 unspecified atom stereocenters. The third-order valence-electron chi connectivity index (χ3n) is 4.89. The molecule has 2 aliphatic rings. The molecule has 0 spiro atoms. The Hall–Kier alpha value is -1.42. The van der Waals surface area contributed by atoms with Crippen LogP contribution in [0.5, 0.6) is 0 Å². The second-order valence-electron chi connectivity index (χ2n) is 6.40. The second-order valence-corrected chi connectivity index (χ2v) is 6.40. The van der Waals surface area contributed by atoms with Crippen molar-refractivity contribution in [2.24, 2.45) is 5.92 Å². The van der Waals surface area contributed by atoms with E-state index in [1.807, 2.05) is 19.1 Å². The van der Waals surface area contributed by atoms with Crippen molar-refractivity contribution in [3.8, 4) is 0 Å². The Kier molecular flexibility index (Phi) is 4.54. The van der Waals surface area contributed by atoms with Crippen LogP contribution >= 0.6 is 0 Å². The molecule has 0 amide bonds. The molecule has 2 saturated heterocycles. The number of rotatable bonds is 4. The molecule has 0 atom stereocenters. The topological polar surface area (TPSA) is 36.4 Å². The first-order valence-corrected chi connectivity index (χ1v) is 8.16. The lowest BCUT2D eigenvalue weighted by Crippen LogP contribution is -2.38. The molecule has 0 radical (unpaired) electrons. The third-order valence-corrected chi connectivity index (χ3v) is 4.89. The van der Waals surface area contributed by atoms with Gasteiger partial charge < -0.3 is 9.80 Å². The number of carbonyl (C=O) groups excluding carboxylic acids is 1. The lowest BCUT2D eigenvalue weighted by Gasteiger charge is -2.34. The van der Waals surface area contributed by atoms with Gasteiger partial charge in [-0.15, -0.1) is 0 Å². The van der Waals surface area contributed by atoms with Crippen molar-refractivity contribution >= 4 is 12.1 Å². The monoisotopic (exact) mass is 287 g/mol. The van der Waals surface area contributed by atoms with Gasteiger partial charge in [-0.25, -0.2) is 4.98 Å². The minimum atomic E-state index is 0.697. The van der Waals surface area contributed by atoms with Crippen LogP contribution in [-0.2, 0) is 0 Å². The summed E-state index contributed by atoms with van der Waals surface area (Å²) in [4.78, 5) is 20.4. The lowest BCUT2D eigenvalue weighted by molar-refractivity contribution is 0.112. The van der Waals surface area contributed by atoms with Gasteiger partial charge in [0.1, 0.15) is 5.82 Å². The van der Waals surface area contributed by atoms with Gasteiger partial charge in [0, 0.05) is 25.2 Å². The summed E-state index contributed by atoms with van der Waals surface area (Å²) in [6, 6.07) is 3.87. The third kappa shape index (κ3) is 3.43. The SMILES string of the molecule is Cc1nc(N2CCC(CN3CCCC3)CC2)ccc1C=O. The van der Waals surface area contributed by atoms with Crippen LogP contribution in [0.1, 0.15) is 41.7 Å². The van der Waals surface area contributed by atoms with E-state index in [0.29, 0.717) is 5.56 Å². The highest BCUT2D eigenvalue weighted by molar-refractivity contribution is 5.76. The van der Waals surface area contributed by atoms with E-state index < -0.39 is 0 Å². The summed E-state index contributed by atoms with van der Waals surface area (Å²) in [5.41, 5.74) is 1.53. The van der Waals surface area contributed by atoms with Crippen molar-refractivity contribution < 1.29 is 4.79 Å². The Bertz CT molecular complexity index is 489. The Morgan fingerprint density at radius 3 is 2.52 bits per heavy atom. The van der Waals surface area contributed by atoms with Crippen LogP contribution in [0.2, 0.25) is 0 Å². The van der Waals surface area contributed by atoms with Crippen LogP contribution in [0.4, 0.5) is 5.82 Å². The van der Waals surface area contributed by atoms with Crippen molar-refractivity contribution in [3.63, 3.8) is 0 Å². The number of aldehydes is 1. The van der Waals surface area contributed by atoms with E-state index >= 15 is 0 Å². The average molecular weight is 287 g/mol. The zero-order chi connectivity index (χ0) is 14.7. The van der Waals surface area contributed by atoms with Crippen molar-refractivity contribution in [1.82, 2.24) is 9.88 Å². The van der Waals surface area contributed by atoms with E-state index in [1.54, 1.807) is 0 Å². The number of anilines is 1. The molecule has 0 bridgehead atoms. The van der Waals surface area contributed by atoms with Gasteiger partial charge in [-0.3, -0.25) is 4.79 Å². The van der Waals surface area contributed by atoms with Crippen LogP contribution in [-0.4, -0.2) is 48.9 Å².